The number of hydrogen-bond donors (Lipinski definition) is 0. The zero-order valence-electron chi connectivity index (χ0n) is 12.5. The highest BCUT2D eigenvalue weighted by Gasteiger charge is 2.26. The molecule has 0 heterocycles. The largest absolute Gasteiger partial charge is 0.465 e. The highest BCUT2D eigenvalue weighted by molar-refractivity contribution is 6.19. The summed E-state index contributed by atoms with van der Waals surface area (Å²) in [5.41, 5.74) is 2.76. The van der Waals surface area contributed by atoms with E-state index in [1.165, 1.54) is 0 Å². The molecule has 0 aliphatic carbocycles. The van der Waals surface area contributed by atoms with E-state index in [1.54, 1.807) is 0 Å². The SMILES string of the molecule is CCOC(=O)C(/C(=C/CCl)c1ccccc1)c1ccccc1. The molecule has 0 fully saturated rings. The zero-order chi connectivity index (χ0) is 15.8. The van der Waals surface area contributed by atoms with Crippen molar-refractivity contribution in [1.29, 1.82) is 0 Å². The standard InChI is InChI=1S/C19H19ClO2/c1-2-22-19(21)18(16-11-7-4-8-12-16)17(13-14-20)15-9-5-3-6-10-15/h3-13,18H,2,14H2,1H3/b17-13+. The summed E-state index contributed by atoms with van der Waals surface area (Å²) in [5, 5.41) is 0. The average molecular weight is 315 g/mol. The van der Waals surface area contributed by atoms with Crippen LogP contribution in [0.4, 0.5) is 0 Å². The molecule has 0 N–H and O–H groups in total. The lowest BCUT2D eigenvalue weighted by Crippen LogP contribution is -2.18. The van der Waals surface area contributed by atoms with Crippen molar-refractivity contribution in [3.8, 4) is 0 Å². The molecule has 3 heteroatoms. The number of esters is 1. The van der Waals surface area contributed by atoms with Crippen molar-refractivity contribution in [1.82, 2.24) is 0 Å². The minimum Gasteiger partial charge on any atom is -0.465 e. The summed E-state index contributed by atoms with van der Waals surface area (Å²) in [4.78, 5) is 12.5. The number of carbonyl (C=O) groups excluding carboxylic acids is 1. The van der Waals surface area contributed by atoms with E-state index in [0.29, 0.717) is 12.5 Å². The lowest BCUT2D eigenvalue weighted by atomic mass is 9.86. The summed E-state index contributed by atoms with van der Waals surface area (Å²) < 4.78 is 5.28. The molecule has 2 nitrogen and oxygen atoms in total. The number of rotatable bonds is 6. The summed E-state index contributed by atoms with van der Waals surface area (Å²) in [6, 6.07) is 19.5. The smallest absolute Gasteiger partial charge is 0.317 e. The third-order valence-electron chi connectivity index (χ3n) is 3.37. The molecule has 0 radical (unpaired) electrons. The zero-order valence-corrected chi connectivity index (χ0v) is 13.3. The van der Waals surface area contributed by atoms with Crippen LogP contribution in [0.3, 0.4) is 0 Å². The van der Waals surface area contributed by atoms with Gasteiger partial charge in [0.1, 0.15) is 5.92 Å². The van der Waals surface area contributed by atoms with E-state index in [9.17, 15) is 4.79 Å². The predicted octanol–water partition coefficient (Wildman–Crippen LogP) is 4.66. The number of carbonyl (C=O) groups is 1. The minimum atomic E-state index is -0.470. The maximum atomic E-state index is 12.5. The van der Waals surface area contributed by atoms with Crippen molar-refractivity contribution in [3.05, 3.63) is 77.9 Å². The Morgan fingerprint density at radius 2 is 1.68 bits per heavy atom. The second kappa shape index (κ2) is 8.40. The Balaban J connectivity index is 2.50. The Labute approximate surface area is 136 Å². The highest BCUT2D eigenvalue weighted by Crippen LogP contribution is 2.33. The van der Waals surface area contributed by atoms with Gasteiger partial charge in [-0.2, -0.15) is 0 Å². The maximum Gasteiger partial charge on any atom is 0.317 e. The van der Waals surface area contributed by atoms with Crippen LogP contribution in [0, 0.1) is 0 Å². The van der Waals surface area contributed by atoms with Crippen molar-refractivity contribution >= 4 is 23.1 Å². The number of allylic oxidation sites excluding steroid dienone is 1. The van der Waals surface area contributed by atoms with E-state index >= 15 is 0 Å². The molecule has 0 bridgehead atoms. The fraction of sp³-hybridized carbons (Fsp3) is 0.211. The van der Waals surface area contributed by atoms with Crippen LogP contribution in [-0.2, 0) is 9.53 Å². The van der Waals surface area contributed by atoms with Crippen molar-refractivity contribution in [2.24, 2.45) is 0 Å². The van der Waals surface area contributed by atoms with Gasteiger partial charge in [-0.05, 0) is 23.6 Å². The van der Waals surface area contributed by atoms with Crippen LogP contribution in [0.25, 0.3) is 5.57 Å². The Kier molecular flexibility index (Phi) is 6.23. The number of hydrogen-bond acceptors (Lipinski definition) is 2. The molecule has 2 aromatic rings. The molecule has 0 amide bonds. The normalized spacial score (nSPS) is 12.7. The van der Waals surface area contributed by atoms with E-state index in [0.717, 1.165) is 16.7 Å². The molecule has 1 unspecified atom stereocenters. The number of alkyl halides is 1. The van der Waals surface area contributed by atoms with Crippen molar-refractivity contribution in [3.63, 3.8) is 0 Å². The molecule has 0 saturated carbocycles. The van der Waals surface area contributed by atoms with Crippen molar-refractivity contribution < 1.29 is 9.53 Å². The lowest BCUT2D eigenvalue weighted by molar-refractivity contribution is -0.143. The minimum absolute atomic E-state index is 0.256. The molecule has 0 aliphatic rings. The van der Waals surface area contributed by atoms with E-state index < -0.39 is 5.92 Å². The highest BCUT2D eigenvalue weighted by atomic mass is 35.5. The first kappa shape index (κ1) is 16.3. The van der Waals surface area contributed by atoms with Gasteiger partial charge in [-0.3, -0.25) is 4.79 Å². The van der Waals surface area contributed by atoms with Crippen LogP contribution < -0.4 is 0 Å². The van der Waals surface area contributed by atoms with Crippen LogP contribution >= 0.6 is 11.6 Å². The summed E-state index contributed by atoms with van der Waals surface area (Å²) in [7, 11) is 0. The van der Waals surface area contributed by atoms with Crippen LogP contribution in [0.15, 0.2) is 66.7 Å². The molecule has 22 heavy (non-hydrogen) atoms. The third-order valence-corrected chi connectivity index (χ3v) is 3.52. The molecule has 1 atom stereocenters. The van der Waals surface area contributed by atoms with E-state index in [4.69, 9.17) is 16.3 Å². The second-order valence-corrected chi connectivity index (χ2v) is 5.08. The van der Waals surface area contributed by atoms with E-state index in [-0.39, 0.29) is 5.97 Å². The van der Waals surface area contributed by atoms with Gasteiger partial charge in [0, 0.05) is 5.88 Å². The monoisotopic (exact) mass is 314 g/mol. The van der Waals surface area contributed by atoms with Gasteiger partial charge in [0.2, 0.25) is 0 Å². The van der Waals surface area contributed by atoms with Gasteiger partial charge in [-0.15, -0.1) is 11.6 Å². The Bertz CT molecular complexity index is 620. The van der Waals surface area contributed by atoms with E-state index in [1.807, 2.05) is 73.7 Å². The molecule has 0 aliphatic heterocycles. The van der Waals surface area contributed by atoms with Gasteiger partial charge in [-0.1, -0.05) is 66.7 Å². The second-order valence-electron chi connectivity index (χ2n) is 4.78. The first-order valence-electron chi connectivity index (χ1n) is 7.31. The average Bonchev–Trinajstić information content (AvgIpc) is 2.56. The predicted molar refractivity (Wildman–Crippen MR) is 91.0 cm³/mol. The molecule has 0 spiro atoms. The number of ether oxygens (including phenoxy) is 1. The summed E-state index contributed by atoms with van der Waals surface area (Å²) in [5.74, 6) is -0.385. The molecule has 2 aromatic carbocycles. The summed E-state index contributed by atoms with van der Waals surface area (Å²) in [6.45, 7) is 2.17. The third kappa shape index (κ3) is 3.99. The van der Waals surface area contributed by atoms with Crippen molar-refractivity contribution in [2.45, 2.75) is 12.8 Å². The fourth-order valence-corrected chi connectivity index (χ4v) is 2.60. The molecule has 0 aromatic heterocycles. The van der Waals surface area contributed by atoms with Crippen LogP contribution in [0.1, 0.15) is 24.0 Å². The van der Waals surface area contributed by atoms with Gasteiger partial charge >= 0.3 is 5.97 Å². The van der Waals surface area contributed by atoms with E-state index in [2.05, 4.69) is 0 Å². The number of halogens is 1. The van der Waals surface area contributed by atoms with Crippen LogP contribution in [0.2, 0.25) is 0 Å². The van der Waals surface area contributed by atoms with Crippen molar-refractivity contribution in [2.75, 3.05) is 12.5 Å². The maximum absolute atomic E-state index is 12.5. The topological polar surface area (TPSA) is 26.3 Å². The molecular formula is C19H19ClO2. The molecule has 0 saturated heterocycles. The Morgan fingerprint density at radius 3 is 2.23 bits per heavy atom. The molecule has 2 rings (SSSR count). The van der Waals surface area contributed by atoms with Gasteiger partial charge in [-0.25, -0.2) is 0 Å². The first-order valence-corrected chi connectivity index (χ1v) is 7.84. The molecular weight excluding hydrogens is 296 g/mol. The van der Waals surface area contributed by atoms with Crippen LogP contribution in [0.5, 0.6) is 0 Å². The molecule has 114 valence electrons. The van der Waals surface area contributed by atoms with Crippen LogP contribution in [-0.4, -0.2) is 18.5 Å². The van der Waals surface area contributed by atoms with Gasteiger partial charge in [0.25, 0.3) is 0 Å². The summed E-state index contributed by atoms with van der Waals surface area (Å²) >= 11 is 5.93. The quantitative estimate of drug-likeness (QED) is 0.573. The number of benzene rings is 2. The van der Waals surface area contributed by atoms with Gasteiger partial charge in [0.15, 0.2) is 0 Å². The van der Waals surface area contributed by atoms with Gasteiger partial charge < -0.3 is 4.74 Å². The summed E-state index contributed by atoms with van der Waals surface area (Å²) in [6.07, 6.45) is 1.88. The Morgan fingerprint density at radius 1 is 1.09 bits per heavy atom. The van der Waals surface area contributed by atoms with Gasteiger partial charge in [0.05, 0.1) is 6.61 Å². The fourth-order valence-electron chi connectivity index (χ4n) is 2.43. The Hall–Kier alpha value is -2.06. The first-order chi connectivity index (χ1) is 10.8. The lowest BCUT2D eigenvalue weighted by Gasteiger charge is -2.20.